The fraction of sp³-hybridized carbons (Fsp3) is 0.714. The average Bonchev–Trinajstić information content (AvgIpc) is 3.14. The summed E-state index contributed by atoms with van der Waals surface area (Å²) in [6, 6.07) is -0.794. The standard InChI is InChI=1S/C14H19NO8/c1-6(16)15-12-10(21-7(2)17)11(22-8(3)18)13(23-9(4)19)14(12)5-20-14/h10-13H,5H2,1-4H3,(H,15,16)/t10-,11+,12+,13+,14-/m0/s1. The van der Waals surface area contributed by atoms with Crippen molar-refractivity contribution in [1.82, 2.24) is 5.32 Å². The van der Waals surface area contributed by atoms with Crippen LogP contribution in [0.25, 0.3) is 0 Å². The molecule has 1 heterocycles. The first kappa shape index (κ1) is 17.2. The van der Waals surface area contributed by atoms with Crippen LogP contribution in [0.5, 0.6) is 0 Å². The Labute approximate surface area is 132 Å². The number of epoxide rings is 1. The van der Waals surface area contributed by atoms with Gasteiger partial charge in [-0.2, -0.15) is 0 Å². The molecule has 2 rings (SSSR count). The summed E-state index contributed by atoms with van der Waals surface area (Å²) in [6.45, 7) is 5.04. The molecule has 9 nitrogen and oxygen atoms in total. The minimum atomic E-state index is -1.07. The van der Waals surface area contributed by atoms with Gasteiger partial charge >= 0.3 is 17.9 Å². The quantitative estimate of drug-likeness (QED) is 0.399. The number of amides is 1. The summed E-state index contributed by atoms with van der Waals surface area (Å²) in [7, 11) is 0. The highest BCUT2D eigenvalue weighted by Gasteiger charge is 2.73. The van der Waals surface area contributed by atoms with Crippen LogP contribution in [-0.4, -0.2) is 60.4 Å². The summed E-state index contributed by atoms with van der Waals surface area (Å²) in [4.78, 5) is 45.7. The third-order valence-electron chi connectivity index (χ3n) is 3.69. The van der Waals surface area contributed by atoms with E-state index in [1.165, 1.54) is 27.7 Å². The van der Waals surface area contributed by atoms with Crippen LogP contribution in [0, 0.1) is 0 Å². The zero-order valence-electron chi connectivity index (χ0n) is 13.3. The number of nitrogens with one attached hydrogen (secondary N) is 1. The predicted molar refractivity (Wildman–Crippen MR) is 72.9 cm³/mol. The van der Waals surface area contributed by atoms with E-state index in [2.05, 4.69) is 5.32 Å². The van der Waals surface area contributed by atoms with E-state index in [9.17, 15) is 19.2 Å². The fourth-order valence-electron chi connectivity index (χ4n) is 2.94. The van der Waals surface area contributed by atoms with Gasteiger partial charge in [-0.3, -0.25) is 19.2 Å². The molecule has 5 atom stereocenters. The van der Waals surface area contributed by atoms with Crippen molar-refractivity contribution in [2.75, 3.05) is 6.61 Å². The van der Waals surface area contributed by atoms with Crippen LogP contribution >= 0.6 is 0 Å². The van der Waals surface area contributed by atoms with Gasteiger partial charge in [-0.15, -0.1) is 0 Å². The lowest BCUT2D eigenvalue weighted by Crippen LogP contribution is -2.51. The Balaban J connectivity index is 2.39. The van der Waals surface area contributed by atoms with E-state index >= 15 is 0 Å². The van der Waals surface area contributed by atoms with E-state index in [0.29, 0.717) is 0 Å². The Hall–Kier alpha value is -2.16. The molecule has 23 heavy (non-hydrogen) atoms. The number of esters is 3. The van der Waals surface area contributed by atoms with Crippen molar-refractivity contribution in [1.29, 1.82) is 0 Å². The molecule has 1 saturated heterocycles. The molecular weight excluding hydrogens is 310 g/mol. The van der Waals surface area contributed by atoms with Gasteiger partial charge in [0.05, 0.1) is 6.61 Å². The molecule has 9 heteroatoms. The van der Waals surface area contributed by atoms with E-state index in [0.717, 1.165) is 0 Å². The van der Waals surface area contributed by atoms with Gasteiger partial charge in [0, 0.05) is 27.7 Å². The molecule has 2 fully saturated rings. The van der Waals surface area contributed by atoms with Crippen LogP contribution in [0.2, 0.25) is 0 Å². The molecule has 1 aliphatic heterocycles. The van der Waals surface area contributed by atoms with Crippen molar-refractivity contribution in [3.8, 4) is 0 Å². The van der Waals surface area contributed by atoms with Gasteiger partial charge in [0.15, 0.2) is 23.9 Å². The molecule has 2 aliphatic rings. The number of rotatable bonds is 4. The Bertz CT molecular complexity index is 497. The van der Waals surface area contributed by atoms with Gasteiger partial charge in [0.1, 0.15) is 6.04 Å². The number of carbonyl (C=O) groups is 4. The van der Waals surface area contributed by atoms with Crippen LogP contribution in [-0.2, 0) is 38.1 Å². The van der Waals surface area contributed by atoms with Crippen molar-refractivity contribution in [2.24, 2.45) is 0 Å². The second kappa shape index (κ2) is 6.15. The summed E-state index contributed by atoms with van der Waals surface area (Å²) in [5.74, 6) is -2.25. The van der Waals surface area contributed by atoms with Gasteiger partial charge in [-0.05, 0) is 0 Å². The van der Waals surface area contributed by atoms with Crippen LogP contribution in [0.15, 0.2) is 0 Å². The summed E-state index contributed by atoms with van der Waals surface area (Å²) in [5, 5.41) is 2.63. The largest absolute Gasteiger partial charge is 0.456 e. The normalized spacial score (nSPS) is 34.6. The van der Waals surface area contributed by atoms with Crippen molar-refractivity contribution in [3.05, 3.63) is 0 Å². The van der Waals surface area contributed by atoms with Crippen LogP contribution in [0.1, 0.15) is 27.7 Å². The molecule has 1 amide bonds. The molecule has 0 aromatic carbocycles. The maximum Gasteiger partial charge on any atom is 0.303 e. The second-order valence-electron chi connectivity index (χ2n) is 5.60. The van der Waals surface area contributed by atoms with Crippen LogP contribution in [0.3, 0.4) is 0 Å². The molecule has 1 aliphatic carbocycles. The van der Waals surface area contributed by atoms with Crippen molar-refractivity contribution in [3.63, 3.8) is 0 Å². The summed E-state index contributed by atoms with van der Waals surface area (Å²) >= 11 is 0. The van der Waals surface area contributed by atoms with Gasteiger partial charge in [-0.1, -0.05) is 0 Å². The molecule has 0 unspecified atom stereocenters. The molecule has 1 spiro atoms. The zero-order valence-corrected chi connectivity index (χ0v) is 13.3. The first-order valence-corrected chi connectivity index (χ1v) is 7.10. The van der Waals surface area contributed by atoms with Crippen molar-refractivity contribution in [2.45, 2.75) is 57.6 Å². The Morgan fingerprint density at radius 2 is 1.39 bits per heavy atom. The second-order valence-corrected chi connectivity index (χ2v) is 5.60. The highest BCUT2D eigenvalue weighted by atomic mass is 16.7. The Morgan fingerprint density at radius 3 is 1.78 bits per heavy atom. The average molecular weight is 329 g/mol. The van der Waals surface area contributed by atoms with Gasteiger partial charge in [-0.25, -0.2) is 0 Å². The number of hydrogen-bond acceptors (Lipinski definition) is 8. The van der Waals surface area contributed by atoms with E-state index in [1.54, 1.807) is 0 Å². The predicted octanol–water partition coefficient (Wildman–Crippen LogP) is -0.931. The third-order valence-corrected chi connectivity index (χ3v) is 3.69. The summed E-state index contributed by atoms with van der Waals surface area (Å²) in [5.41, 5.74) is -1.07. The number of ether oxygens (including phenoxy) is 4. The lowest BCUT2D eigenvalue weighted by atomic mass is 10.0. The minimum Gasteiger partial charge on any atom is -0.456 e. The zero-order chi connectivity index (χ0) is 17.4. The monoisotopic (exact) mass is 329 g/mol. The number of hydrogen-bond donors (Lipinski definition) is 1. The number of carbonyl (C=O) groups excluding carboxylic acids is 4. The molecule has 0 bridgehead atoms. The molecule has 1 saturated carbocycles. The lowest BCUT2D eigenvalue weighted by molar-refractivity contribution is -0.176. The summed E-state index contributed by atoms with van der Waals surface area (Å²) < 4.78 is 21.1. The SMILES string of the molecule is CC(=O)N[C@@H]1[C@@H](OC(C)=O)[C@@H](OC(C)=O)[C@@H](OC(C)=O)[C@]12CO2. The first-order chi connectivity index (χ1) is 10.7. The molecule has 128 valence electrons. The molecule has 1 N–H and O–H groups in total. The first-order valence-electron chi connectivity index (χ1n) is 7.10. The highest BCUT2D eigenvalue weighted by molar-refractivity contribution is 5.74. The van der Waals surface area contributed by atoms with Gasteiger partial charge in [0.2, 0.25) is 5.91 Å². The Morgan fingerprint density at radius 1 is 0.913 bits per heavy atom. The van der Waals surface area contributed by atoms with Gasteiger partial charge in [0.25, 0.3) is 0 Å². The summed E-state index contributed by atoms with van der Waals surface area (Å²) in [6.07, 6.45) is -3.07. The molecule has 0 radical (unpaired) electrons. The van der Waals surface area contributed by atoms with Crippen LogP contribution in [0.4, 0.5) is 0 Å². The minimum absolute atomic E-state index is 0.172. The topological polar surface area (TPSA) is 121 Å². The van der Waals surface area contributed by atoms with E-state index < -0.39 is 47.9 Å². The van der Waals surface area contributed by atoms with Crippen molar-refractivity contribution >= 4 is 23.8 Å². The molecule has 0 aromatic rings. The smallest absolute Gasteiger partial charge is 0.303 e. The lowest BCUT2D eigenvalue weighted by Gasteiger charge is -2.25. The van der Waals surface area contributed by atoms with Crippen LogP contribution < -0.4 is 5.32 Å². The maximum absolute atomic E-state index is 11.5. The molecular formula is C14H19NO8. The maximum atomic E-state index is 11.5. The Kier molecular flexibility index (Phi) is 4.60. The van der Waals surface area contributed by atoms with E-state index in [-0.39, 0.29) is 12.5 Å². The fourth-order valence-corrected chi connectivity index (χ4v) is 2.94. The van der Waals surface area contributed by atoms with Gasteiger partial charge < -0.3 is 24.3 Å². The third kappa shape index (κ3) is 3.44. The molecule has 0 aromatic heterocycles. The highest BCUT2D eigenvalue weighted by Crippen LogP contribution is 2.48. The van der Waals surface area contributed by atoms with E-state index in [1.807, 2.05) is 0 Å². The van der Waals surface area contributed by atoms with E-state index in [4.69, 9.17) is 18.9 Å². The van der Waals surface area contributed by atoms with Crippen molar-refractivity contribution < 1.29 is 38.1 Å².